The zero-order valence-corrected chi connectivity index (χ0v) is 29.7. The summed E-state index contributed by atoms with van der Waals surface area (Å²) in [6.45, 7) is 10.5. The van der Waals surface area contributed by atoms with Crippen LogP contribution in [0.2, 0.25) is 0 Å². The molecule has 1 radical (unpaired) electrons. The van der Waals surface area contributed by atoms with Gasteiger partial charge in [-0.15, -0.1) is 19.1 Å². The number of rotatable bonds is 0. The molecule has 13 heteroatoms. The monoisotopic (exact) mass is 1010 g/mol. The Morgan fingerprint density at radius 1 is 1.00 bits per heavy atom. The van der Waals surface area contributed by atoms with Gasteiger partial charge in [0, 0.05) is 129 Å². The molecule has 171 valence electrons. The van der Waals surface area contributed by atoms with Gasteiger partial charge in [0.1, 0.15) is 0 Å². The molecule has 0 aromatic carbocycles. The molecule has 0 aromatic heterocycles. The van der Waals surface area contributed by atoms with Gasteiger partial charge in [-0.2, -0.15) is 0 Å². The van der Waals surface area contributed by atoms with Crippen molar-refractivity contribution in [2.24, 2.45) is 0 Å². The predicted octanol–water partition coefficient (Wildman–Crippen LogP) is 0.471. The van der Waals surface area contributed by atoms with Crippen LogP contribution in [-0.4, -0.2) is 92.5 Å². The SMILES string of the molecule is CC1CN(C)C(=O)C[N-]1.CC1C[N-][CH-]C(=O)N1.CC1[N-]CCN(C)C1=O.[W].[W].[W].[Y]. The fourth-order valence-electron chi connectivity index (χ4n) is 2.44. The van der Waals surface area contributed by atoms with Crippen molar-refractivity contribution in [2.45, 2.75) is 38.9 Å². The Morgan fingerprint density at radius 2 is 1.60 bits per heavy atom. The first-order chi connectivity index (χ1) is 12.2. The van der Waals surface area contributed by atoms with Crippen molar-refractivity contribution in [3.05, 3.63) is 22.5 Å². The third-order valence-corrected chi connectivity index (χ3v) is 4.05. The maximum absolute atomic E-state index is 11.0. The van der Waals surface area contributed by atoms with E-state index in [1.165, 1.54) is 6.54 Å². The van der Waals surface area contributed by atoms with E-state index in [2.05, 4.69) is 21.3 Å². The minimum atomic E-state index is -0.108. The Bertz CT molecular complexity index is 495. The van der Waals surface area contributed by atoms with Gasteiger partial charge in [0.05, 0.1) is 5.91 Å². The molecule has 3 amide bonds. The third-order valence-electron chi connectivity index (χ3n) is 4.05. The molecule has 3 saturated heterocycles. The van der Waals surface area contributed by atoms with Crippen LogP contribution in [0.1, 0.15) is 20.8 Å². The van der Waals surface area contributed by atoms with E-state index < -0.39 is 0 Å². The molecule has 3 atom stereocenters. The molecule has 30 heavy (non-hydrogen) atoms. The average molecular weight is 1010 g/mol. The normalized spacial score (nSPS) is 25.0. The topological polar surface area (TPSA) is 112 Å². The molecule has 3 unspecified atom stereocenters. The van der Waals surface area contributed by atoms with Gasteiger partial charge < -0.3 is 42.4 Å². The van der Waals surface area contributed by atoms with E-state index in [1.807, 2.05) is 34.9 Å². The molecule has 3 fully saturated rings. The molecule has 0 aliphatic carbocycles. The van der Waals surface area contributed by atoms with Crippen LogP contribution < -0.4 is 5.32 Å². The van der Waals surface area contributed by atoms with E-state index in [0.717, 1.165) is 19.6 Å². The molecule has 3 heterocycles. The number of likely N-dealkylation sites (N-methyl/N-ethyl adjacent to an activating group) is 2. The molecule has 9 nitrogen and oxygen atoms in total. The van der Waals surface area contributed by atoms with Crippen molar-refractivity contribution in [2.75, 3.05) is 46.8 Å². The van der Waals surface area contributed by atoms with Crippen molar-refractivity contribution < 1.29 is 110 Å². The number of nitrogens with zero attached hydrogens (tertiary/aromatic N) is 5. The van der Waals surface area contributed by atoms with Crippen LogP contribution in [0.3, 0.4) is 0 Å². The summed E-state index contributed by atoms with van der Waals surface area (Å²) in [5.41, 5.74) is 0. The molecule has 3 aliphatic heterocycles. The Hall–Kier alpha value is 1.33. The average Bonchev–Trinajstić information content (AvgIpc) is 2.57. The number of hydrogen-bond acceptors (Lipinski definition) is 3. The van der Waals surface area contributed by atoms with Crippen molar-refractivity contribution >= 4 is 17.7 Å². The second-order valence-corrected chi connectivity index (χ2v) is 6.71. The van der Waals surface area contributed by atoms with Gasteiger partial charge in [-0.25, -0.2) is 0 Å². The molecule has 0 spiro atoms. The van der Waals surface area contributed by atoms with E-state index >= 15 is 0 Å². The van der Waals surface area contributed by atoms with Crippen molar-refractivity contribution in [1.82, 2.24) is 15.1 Å². The summed E-state index contributed by atoms with van der Waals surface area (Å²) in [7, 11) is 3.63. The third kappa shape index (κ3) is 16.0. The summed E-state index contributed by atoms with van der Waals surface area (Å²) in [4.78, 5) is 35.6. The fourth-order valence-corrected chi connectivity index (χ4v) is 2.44. The van der Waals surface area contributed by atoms with Crippen LogP contribution in [0, 0.1) is 6.54 Å². The van der Waals surface area contributed by atoms with Crippen LogP contribution in [0.25, 0.3) is 16.0 Å². The van der Waals surface area contributed by atoms with Gasteiger partial charge in [0.15, 0.2) is 0 Å². The van der Waals surface area contributed by atoms with Crippen molar-refractivity contribution in [3.8, 4) is 0 Å². The van der Waals surface area contributed by atoms with Gasteiger partial charge in [0.2, 0.25) is 11.8 Å². The Balaban J connectivity index is -0.000000159. The Morgan fingerprint density at radius 3 is 1.97 bits per heavy atom. The molecule has 0 aromatic rings. The molecule has 3 rings (SSSR count). The Kier molecular flexibility index (Phi) is 26.9. The minimum Gasteiger partial charge on any atom is -0.810 e. The number of amides is 3. The zero-order valence-electron chi connectivity index (χ0n) is 18.1. The van der Waals surface area contributed by atoms with Gasteiger partial charge in [-0.05, 0) is 6.92 Å². The summed E-state index contributed by atoms with van der Waals surface area (Å²) in [6, 6.07) is 0.434. The van der Waals surface area contributed by atoms with Gasteiger partial charge in [-0.1, -0.05) is 26.4 Å². The minimum absolute atomic E-state index is 0. The summed E-state index contributed by atoms with van der Waals surface area (Å²) in [5.74, 6) is 0.193. The van der Waals surface area contributed by atoms with Gasteiger partial charge in [-0.3, -0.25) is 9.59 Å². The van der Waals surface area contributed by atoms with Crippen LogP contribution >= 0.6 is 0 Å². The molecule has 0 saturated carbocycles. The standard InChI is InChI=1S/2C6H11N2O.C5H8N2O.3W.Y/c1-5-4-8(2)6(9)3-7-5;1-5-6(9)8(2)4-3-7-5;1-4-2-6-3-5(8)7-4;;;;/h2*5H,3-4H2,1-2H3;3-4H,2H2,1H3,(H,7,8);;;;/q2*-1;-2;;;;. The quantitative estimate of drug-likeness (QED) is 0.357. The van der Waals surface area contributed by atoms with Crippen molar-refractivity contribution in [3.63, 3.8) is 0 Å². The first kappa shape index (κ1) is 38.6. The number of hydrogen-bond donors (Lipinski definition) is 1. The van der Waals surface area contributed by atoms with E-state index in [1.54, 1.807) is 9.80 Å². The van der Waals surface area contributed by atoms with Crippen LogP contribution in [0.15, 0.2) is 0 Å². The Labute approximate surface area is 248 Å². The van der Waals surface area contributed by atoms with E-state index in [9.17, 15) is 14.4 Å². The molecule has 3 aliphatic rings. The maximum atomic E-state index is 11.0. The van der Waals surface area contributed by atoms with Crippen molar-refractivity contribution in [1.29, 1.82) is 0 Å². The van der Waals surface area contributed by atoms with Crippen LogP contribution in [-0.2, 0) is 110 Å². The largest absolute Gasteiger partial charge is 0.810 e. The summed E-state index contributed by atoms with van der Waals surface area (Å²) < 4.78 is 0. The van der Waals surface area contributed by atoms with E-state index in [0.29, 0.717) is 19.1 Å². The second kappa shape index (κ2) is 20.9. The van der Waals surface area contributed by atoms with Gasteiger partial charge >= 0.3 is 0 Å². The van der Waals surface area contributed by atoms with Crippen LogP contribution in [0.5, 0.6) is 0 Å². The van der Waals surface area contributed by atoms with Gasteiger partial charge in [0.25, 0.3) is 0 Å². The summed E-state index contributed by atoms with van der Waals surface area (Å²) >= 11 is 0. The second-order valence-electron chi connectivity index (χ2n) is 6.71. The predicted molar refractivity (Wildman–Crippen MR) is 101 cm³/mol. The number of piperazine rings is 3. The zero-order chi connectivity index (χ0) is 19.7. The molecular formula is C17H30N6O3W3Y-4. The first-order valence-electron chi connectivity index (χ1n) is 8.83. The van der Waals surface area contributed by atoms with E-state index in [-0.39, 0.29) is 126 Å². The first-order valence-corrected chi connectivity index (χ1v) is 8.83. The van der Waals surface area contributed by atoms with Crippen LogP contribution in [0.4, 0.5) is 0 Å². The fraction of sp³-hybridized carbons (Fsp3) is 0.765. The number of carbonyl (C=O) groups is 3. The smallest absolute Gasteiger partial charge is 0.204 e. The molecular weight excluding hydrogens is 977 g/mol. The number of carbonyl (C=O) groups excluding carboxylic acids is 3. The number of nitrogens with one attached hydrogen (secondary N) is 1. The maximum Gasteiger partial charge on any atom is 0.204 e. The molecule has 0 bridgehead atoms. The van der Waals surface area contributed by atoms with E-state index in [4.69, 9.17) is 0 Å². The summed E-state index contributed by atoms with van der Waals surface area (Å²) in [5, 5.41) is 14.6. The molecule has 1 N–H and O–H groups in total. The summed E-state index contributed by atoms with van der Waals surface area (Å²) in [6.07, 6.45) is 0.